The quantitative estimate of drug-likeness (QED) is 0.830. The molecule has 6 nitrogen and oxygen atoms in total. The fourth-order valence-corrected chi connectivity index (χ4v) is 5.68. The van der Waals surface area contributed by atoms with Crippen molar-refractivity contribution in [2.75, 3.05) is 13.1 Å². The maximum atomic E-state index is 12.8. The maximum Gasteiger partial charge on any atom is 0.322 e. The van der Waals surface area contributed by atoms with Crippen molar-refractivity contribution in [3.8, 4) is 0 Å². The van der Waals surface area contributed by atoms with Crippen LogP contribution in [0.15, 0.2) is 0 Å². The van der Waals surface area contributed by atoms with Gasteiger partial charge in [-0.15, -0.1) is 0 Å². The number of aliphatic carboxylic acids is 1. The van der Waals surface area contributed by atoms with Gasteiger partial charge in [0, 0.05) is 19.1 Å². The molecular weight excluding hydrogens is 280 g/mol. The van der Waals surface area contributed by atoms with E-state index in [9.17, 15) is 18.3 Å². The van der Waals surface area contributed by atoms with Crippen LogP contribution in [-0.2, 0) is 15.0 Å². The van der Waals surface area contributed by atoms with Crippen molar-refractivity contribution in [3.05, 3.63) is 0 Å². The van der Waals surface area contributed by atoms with Crippen molar-refractivity contribution in [1.29, 1.82) is 0 Å². The molecule has 2 fully saturated rings. The highest BCUT2D eigenvalue weighted by atomic mass is 32.2. The maximum absolute atomic E-state index is 12.8. The molecule has 0 aromatic carbocycles. The van der Waals surface area contributed by atoms with E-state index in [1.54, 1.807) is 13.8 Å². The summed E-state index contributed by atoms with van der Waals surface area (Å²) < 4.78 is 28.2. The molecule has 7 heteroatoms. The van der Waals surface area contributed by atoms with Gasteiger partial charge in [0.25, 0.3) is 10.2 Å². The highest BCUT2D eigenvalue weighted by Crippen LogP contribution is 2.41. The molecule has 0 bridgehead atoms. The van der Waals surface area contributed by atoms with Gasteiger partial charge in [-0.05, 0) is 25.2 Å². The molecule has 116 valence electrons. The summed E-state index contributed by atoms with van der Waals surface area (Å²) in [6, 6.07) is -1.02. The lowest BCUT2D eigenvalue weighted by Gasteiger charge is -2.35. The summed E-state index contributed by atoms with van der Waals surface area (Å²) in [6.45, 7) is 4.31. The van der Waals surface area contributed by atoms with Gasteiger partial charge in [0.05, 0.1) is 0 Å². The van der Waals surface area contributed by atoms with Gasteiger partial charge in [0.2, 0.25) is 0 Å². The molecule has 3 atom stereocenters. The molecule has 1 aliphatic carbocycles. The SMILES string of the molecule is CCN(CC)S(=O)(=O)N1[C@H](C(=O)O)C[C@H]2CCCC[C@@H]21. The largest absolute Gasteiger partial charge is 0.480 e. The van der Waals surface area contributed by atoms with Crippen LogP contribution in [0.2, 0.25) is 0 Å². The van der Waals surface area contributed by atoms with E-state index < -0.39 is 22.2 Å². The van der Waals surface area contributed by atoms with Gasteiger partial charge >= 0.3 is 5.97 Å². The summed E-state index contributed by atoms with van der Waals surface area (Å²) in [5.74, 6) is -0.815. The zero-order valence-corrected chi connectivity index (χ0v) is 13.0. The predicted octanol–water partition coefficient (Wildman–Crippen LogP) is 1.29. The molecule has 0 aromatic rings. The Balaban J connectivity index is 2.36. The van der Waals surface area contributed by atoms with Crippen LogP contribution in [0.3, 0.4) is 0 Å². The molecule has 1 saturated carbocycles. The van der Waals surface area contributed by atoms with Gasteiger partial charge in [0.15, 0.2) is 0 Å². The fraction of sp³-hybridized carbons (Fsp3) is 0.923. The Morgan fingerprint density at radius 2 is 1.85 bits per heavy atom. The van der Waals surface area contributed by atoms with Crippen molar-refractivity contribution < 1.29 is 18.3 Å². The van der Waals surface area contributed by atoms with Crippen LogP contribution in [0.5, 0.6) is 0 Å². The molecule has 0 unspecified atom stereocenters. The van der Waals surface area contributed by atoms with E-state index in [2.05, 4.69) is 0 Å². The standard InChI is InChI=1S/C13H24N2O4S/c1-3-14(4-2)20(18,19)15-11-8-6-5-7-10(11)9-12(15)13(16)17/h10-12H,3-9H2,1-2H3,(H,16,17)/t10-,11+,12+/m1/s1. The molecule has 20 heavy (non-hydrogen) atoms. The zero-order valence-electron chi connectivity index (χ0n) is 12.2. The minimum Gasteiger partial charge on any atom is -0.480 e. The first-order valence-corrected chi connectivity index (χ1v) is 8.84. The molecule has 1 heterocycles. The van der Waals surface area contributed by atoms with Gasteiger partial charge in [-0.25, -0.2) is 0 Å². The second-order valence-corrected chi connectivity index (χ2v) is 7.46. The number of hydrogen-bond donors (Lipinski definition) is 1. The average Bonchev–Trinajstić information content (AvgIpc) is 2.79. The minimum atomic E-state index is -3.68. The molecule has 0 amide bonds. The number of hydrogen-bond acceptors (Lipinski definition) is 3. The summed E-state index contributed by atoms with van der Waals surface area (Å²) in [5, 5.41) is 9.40. The van der Waals surface area contributed by atoms with E-state index in [1.165, 1.54) is 8.61 Å². The number of nitrogens with zero attached hydrogens (tertiary/aromatic N) is 2. The van der Waals surface area contributed by atoms with Gasteiger partial charge in [-0.2, -0.15) is 17.0 Å². The molecular formula is C13H24N2O4S. The molecule has 1 saturated heterocycles. The lowest BCUT2D eigenvalue weighted by Crippen LogP contribution is -2.52. The Morgan fingerprint density at radius 3 is 2.40 bits per heavy atom. The molecule has 0 aromatic heterocycles. The van der Waals surface area contributed by atoms with Crippen molar-refractivity contribution >= 4 is 16.2 Å². The third kappa shape index (κ3) is 2.58. The smallest absolute Gasteiger partial charge is 0.322 e. The first-order chi connectivity index (χ1) is 9.43. The van der Waals surface area contributed by atoms with E-state index in [0.29, 0.717) is 19.5 Å². The topological polar surface area (TPSA) is 77.9 Å². The highest BCUT2D eigenvalue weighted by Gasteiger charge is 2.51. The Morgan fingerprint density at radius 1 is 1.25 bits per heavy atom. The number of carboxylic acids is 1. The predicted molar refractivity (Wildman–Crippen MR) is 75.5 cm³/mol. The Hall–Kier alpha value is -0.660. The van der Waals surface area contributed by atoms with Crippen LogP contribution in [0.4, 0.5) is 0 Å². The molecule has 2 rings (SSSR count). The van der Waals surface area contributed by atoms with Crippen LogP contribution < -0.4 is 0 Å². The fourth-order valence-electron chi connectivity index (χ4n) is 3.64. The Bertz CT molecular complexity index is 461. The summed E-state index contributed by atoms with van der Waals surface area (Å²) in [7, 11) is -3.68. The van der Waals surface area contributed by atoms with Crippen molar-refractivity contribution in [2.45, 2.75) is 58.0 Å². The van der Waals surface area contributed by atoms with Gasteiger partial charge in [-0.1, -0.05) is 26.7 Å². The normalized spacial score (nSPS) is 31.4. The van der Waals surface area contributed by atoms with Crippen LogP contribution in [-0.4, -0.2) is 53.3 Å². The van der Waals surface area contributed by atoms with Gasteiger partial charge in [0.1, 0.15) is 6.04 Å². The minimum absolute atomic E-state index is 0.129. The van der Waals surface area contributed by atoms with E-state index in [0.717, 1.165) is 25.7 Å². The third-order valence-electron chi connectivity index (χ3n) is 4.61. The number of carbonyl (C=O) groups is 1. The van der Waals surface area contributed by atoms with Crippen LogP contribution in [0, 0.1) is 5.92 Å². The van der Waals surface area contributed by atoms with E-state index >= 15 is 0 Å². The van der Waals surface area contributed by atoms with E-state index in [-0.39, 0.29) is 12.0 Å². The lowest BCUT2D eigenvalue weighted by molar-refractivity contribution is -0.141. The van der Waals surface area contributed by atoms with Crippen molar-refractivity contribution in [2.24, 2.45) is 5.92 Å². The monoisotopic (exact) mass is 304 g/mol. The third-order valence-corrected chi connectivity index (χ3v) is 6.84. The second-order valence-electron chi connectivity index (χ2n) is 5.62. The van der Waals surface area contributed by atoms with E-state index in [1.807, 2.05) is 0 Å². The second kappa shape index (κ2) is 5.99. The molecule has 0 spiro atoms. The van der Waals surface area contributed by atoms with E-state index in [4.69, 9.17) is 0 Å². The molecule has 2 aliphatic rings. The van der Waals surface area contributed by atoms with Gasteiger partial charge < -0.3 is 5.11 Å². The molecule has 1 N–H and O–H groups in total. The number of carboxylic acid groups (broad SMARTS) is 1. The zero-order chi connectivity index (χ0) is 14.9. The Labute approximate surface area is 120 Å². The first kappa shape index (κ1) is 15.7. The molecule has 1 aliphatic heterocycles. The average molecular weight is 304 g/mol. The molecule has 0 radical (unpaired) electrons. The number of rotatable bonds is 5. The first-order valence-electron chi connectivity index (χ1n) is 7.44. The summed E-state index contributed by atoms with van der Waals surface area (Å²) >= 11 is 0. The van der Waals surface area contributed by atoms with Crippen LogP contribution in [0.1, 0.15) is 46.0 Å². The summed E-state index contributed by atoms with van der Waals surface area (Å²) in [5.41, 5.74) is 0. The summed E-state index contributed by atoms with van der Waals surface area (Å²) in [6.07, 6.45) is 4.25. The Kier molecular flexibility index (Phi) is 4.71. The van der Waals surface area contributed by atoms with Crippen molar-refractivity contribution in [3.63, 3.8) is 0 Å². The highest BCUT2D eigenvalue weighted by molar-refractivity contribution is 7.86. The van der Waals surface area contributed by atoms with Gasteiger partial charge in [-0.3, -0.25) is 4.79 Å². The lowest BCUT2D eigenvalue weighted by atomic mass is 9.85. The number of fused-ring (bicyclic) bond motifs is 1. The summed E-state index contributed by atoms with van der Waals surface area (Å²) in [4.78, 5) is 11.5. The van der Waals surface area contributed by atoms with Crippen LogP contribution >= 0.6 is 0 Å². The van der Waals surface area contributed by atoms with Crippen molar-refractivity contribution in [1.82, 2.24) is 8.61 Å². The van der Waals surface area contributed by atoms with Crippen LogP contribution in [0.25, 0.3) is 0 Å².